The van der Waals surface area contributed by atoms with Crippen molar-refractivity contribution in [2.45, 2.75) is 19.4 Å². The van der Waals surface area contributed by atoms with Crippen molar-refractivity contribution in [2.24, 2.45) is 0 Å². The number of halogens is 2. The number of carbonyl (C=O) groups is 1. The van der Waals surface area contributed by atoms with Crippen molar-refractivity contribution >= 4 is 29.1 Å². The number of hydrogen-bond acceptors (Lipinski definition) is 2. The normalized spacial score (nSPS) is 12.3. The summed E-state index contributed by atoms with van der Waals surface area (Å²) in [6, 6.07) is 4.95. The molecule has 1 N–H and O–H groups in total. The van der Waals surface area contributed by atoms with E-state index in [0.717, 1.165) is 0 Å². The summed E-state index contributed by atoms with van der Waals surface area (Å²) in [6.07, 6.45) is 0.0802. The lowest BCUT2D eigenvalue weighted by Gasteiger charge is -2.19. The van der Waals surface area contributed by atoms with Gasteiger partial charge in [0.15, 0.2) is 0 Å². The topological polar surface area (TPSA) is 40.5 Å². The molecule has 0 aliphatic carbocycles. The third-order valence-electron chi connectivity index (χ3n) is 2.41. The van der Waals surface area contributed by atoms with Gasteiger partial charge in [0.1, 0.15) is 0 Å². The maximum absolute atomic E-state index is 12.1. The summed E-state index contributed by atoms with van der Waals surface area (Å²) < 4.78 is 0. The van der Waals surface area contributed by atoms with Crippen molar-refractivity contribution in [2.75, 3.05) is 13.6 Å². The summed E-state index contributed by atoms with van der Waals surface area (Å²) in [4.78, 5) is 13.6. The summed E-state index contributed by atoms with van der Waals surface area (Å²) in [5, 5.41) is 9.85. The van der Waals surface area contributed by atoms with E-state index in [2.05, 4.69) is 0 Å². The predicted molar refractivity (Wildman–Crippen MR) is 69.7 cm³/mol. The molecule has 0 saturated carbocycles. The molecule has 1 unspecified atom stereocenters. The summed E-state index contributed by atoms with van der Waals surface area (Å²) in [5.41, 5.74) is 0.309. The molecule has 1 amide bonds. The molecule has 0 aliphatic heterocycles. The van der Waals surface area contributed by atoms with E-state index in [0.29, 0.717) is 28.6 Å². The van der Waals surface area contributed by atoms with Gasteiger partial charge in [-0.1, -0.05) is 29.3 Å². The van der Waals surface area contributed by atoms with Crippen LogP contribution in [-0.2, 0) is 0 Å². The third kappa shape index (κ3) is 3.87. The van der Waals surface area contributed by atoms with Crippen LogP contribution in [0.15, 0.2) is 18.2 Å². The van der Waals surface area contributed by atoms with Gasteiger partial charge in [-0.3, -0.25) is 4.79 Å². The minimum atomic E-state index is -0.438. The first-order valence-electron chi connectivity index (χ1n) is 5.31. The summed E-state index contributed by atoms with van der Waals surface area (Å²) in [6.45, 7) is 2.14. The van der Waals surface area contributed by atoms with Gasteiger partial charge in [0.05, 0.1) is 21.7 Å². The Morgan fingerprint density at radius 3 is 2.41 bits per heavy atom. The zero-order chi connectivity index (χ0) is 13.0. The van der Waals surface area contributed by atoms with Crippen LogP contribution in [0.2, 0.25) is 10.0 Å². The number of benzene rings is 1. The Labute approximate surface area is 111 Å². The Morgan fingerprint density at radius 2 is 1.94 bits per heavy atom. The van der Waals surface area contributed by atoms with E-state index < -0.39 is 6.10 Å². The van der Waals surface area contributed by atoms with Gasteiger partial charge in [-0.25, -0.2) is 0 Å². The Hall–Kier alpha value is -0.770. The molecule has 0 radical (unpaired) electrons. The van der Waals surface area contributed by atoms with Gasteiger partial charge in [-0.15, -0.1) is 0 Å². The highest BCUT2D eigenvalue weighted by molar-refractivity contribution is 6.39. The van der Waals surface area contributed by atoms with Gasteiger partial charge in [-0.05, 0) is 25.5 Å². The standard InChI is InChI=1S/C12H15Cl2NO2/c1-8(16)6-7-15(2)12(17)11-9(13)4-3-5-10(11)14/h3-5,8,16H,6-7H2,1-2H3. The minimum absolute atomic E-state index is 0.235. The van der Waals surface area contributed by atoms with Crippen LogP contribution in [0.1, 0.15) is 23.7 Å². The summed E-state index contributed by atoms with van der Waals surface area (Å²) >= 11 is 11.9. The highest BCUT2D eigenvalue weighted by Crippen LogP contribution is 2.25. The molecule has 1 atom stereocenters. The van der Waals surface area contributed by atoms with Crippen LogP contribution in [0.4, 0.5) is 0 Å². The summed E-state index contributed by atoms with van der Waals surface area (Å²) in [5.74, 6) is -0.235. The molecular formula is C12H15Cl2NO2. The molecule has 1 aromatic carbocycles. The fraction of sp³-hybridized carbons (Fsp3) is 0.417. The van der Waals surface area contributed by atoms with Crippen molar-refractivity contribution in [1.82, 2.24) is 4.90 Å². The van der Waals surface area contributed by atoms with Crippen molar-refractivity contribution in [1.29, 1.82) is 0 Å². The second kappa shape index (κ2) is 6.24. The molecule has 0 bridgehead atoms. The fourth-order valence-electron chi connectivity index (χ4n) is 1.38. The van der Waals surface area contributed by atoms with E-state index in [-0.39, 0.29) is 5.91 Å². The predicted octanol–water partition coefficient (Wildman–Crippen LogP) is 2.84. The lowest BCUT2D eigenvalue weighted by molar-refractivity contribution is 0.0769. The average molecular weight is 276 g/mol. The van der Waals surface area contributed by atoms with Crippen LogP contribution in [0.25, 0.3) is 0 Å². The SMILES string of the molecule is CC(O)CCN(C)C(=O)c1c(Cl)cccc1Cl. The molecule has 17 heavy (non-hydrogen) atoms. The second-order valence-electron chi connectivity index (χ2n) is 3.96. The van der Waals surface area contributed by atoms with Crippen molar-refractivity contribution in [3.8, 4) is 0 Å². The third-order valence-corrected chi connectivity index (χ3v) is 3.04. The quantitative estimate of drug-likeness (QED) is 0.918. The van der Waals surface area contributed by atoms with Gasteiger partial charge >= 0.3 is 0 Å². The zero-order valence-corrected chi connectivity index (χ0v) is 11.3. The first-order chi connectivity index (χ1) is 7.93. The Balaban J connectivity index is 2.82. The number of nitrogens with zero attached hydrogens (tertiary/aromatic N) is 1. The Bertz CT molecular complexity index is 387. The van der Waals surface area contributed by atoms with E-state index in [1.807, 2.05) is 0 Å². The van der Waals surface area contributed by atoms with Gasteiger partial charge < -0.3 is 10.0 Å². The summed E-state index contributed by atoms with van der Waals surface area (Å²) in [7, 11) is 1.66. The van der Waals surface area contributed by atoms with E-state index in [1.165, 1.54) is 4.90 Å². The van der Waals surface area contributed by atoms with Crippen molar-refractivity contribution in [3.05, 3.63) is 33.8 Å². The van der Waals surface area contributed by atoms with Crippen LogP contribution >= 0.6 is 23.2 Å². The van der Waals surface area contributed by atoms with Gasteiger partial charge in [0, 0.05) is 13.6 Å². The van der Waals surface area contributed by atoms with Crippen LogP contribution in [-0.4, -0.2) is 35.6 Å². The maximum atomic E-state index is 12.1. The smallest absolute Gasteiger partial charge is 0.256 e. The van der Waals surface area contributed by atoms with Crippen molar-refractivity contribution < 1.29 is 9.90 Å². The first-order valence-corrected chi connectivity index (χ1v) is 6.06. The number of rotatable bonds is 4. The molecule has 0 fully saturated rings. The number of hydrogen-bond donors (Lipinski definition) is 1. The average Bonchev–Trinajstić information content (AvgIpc) is 2.25. The number of aliphatic hydroxyl groups is 1. The Kier molecular flexibility index (Phi) is 5.25. The molecular weight excluding hydrogens is 261 g/mol. The highest BCUT2D eigenvalue weighted by atomic mass is 35.5. The van der Waals surface area contributed by atoms with Gasteiger partial charge in [0.25, 0.3) is 5.91 Å². The lowest BCUT2D eigenvalue weighted by Crippen LogP contribution is -2.29. The second-order valence-corrected chi connectivity index (χ2v) is 4.78. The van der Waals surface area contributed by atoms with E-state index in [1.54, 1.807) is 32.2 Å². The zero-order valence-electron chi connectivity index (χ0n) is 9.78. The molecule has 94 valence electrons. The van der Waals surface area contributed by atoms with Gasteiger partial charge in [0.2, 0.25) is 0 Å². The lowest BCUT2D eigenvalue weighted by atomic mass is 10.2. The van der Waals surface area contributed by atoms with Crippen LogP contribution < -0.4 is 0 Å². The highest BCUT2D eigenvalue weighted by Gasteiger charge is 2.18. The Morgan fingerprint density at radius 1 is 1.41 bits per heavy atom. The van der Waals surface area contributed by atoms with Crippen molar-refractivity contribution in [3.63, 3.8) is 0 Å². The van der Waals surface area contributed by atoms with Crippen LogP contribution in [0.3, 0.4) is 0 Å². The molecule has 3 nitrogen and oxygen atoms in total. The number of aliphatic hydroxyl groups excluding tert-OH is 1. The molecule has 1 aromatic rings. The van der Waals surface area contributed by atoms with E-state index >= 15 is 0 Å². The minimum Gasteiger partial charge on any atom is -0.393 e. The monoisotopic (exact) mass is 275 g/mol. The molecule has 0 saturated heterocycles. The molecule has 0 spiro atoms. The number of amides is 1. The molecule has 5 heteroatoms. The molecule has 0 aromatic heterocycles. The van der Waals surface area contributed by atoms with Gasteiger partial charge in [-0.2, -0.15) is 0 Å². The maximum Gasteiger partial charge on any atom is 0.256 e. The molecule has 1 rings (SSSR count). The molecule has 0 aliphatic rings. The van der Waals surface area contributed by atoms with Crippen LogP contribution in [0.5, 0.6) is 0 Å². The largest absolute Gasteiger partial charge is 0.393 e. The first kappa shape index (κ1) is 14.3. The molecule has 0 heterocycles. The fourth-order valence-corrected chi connectivity index (χ4v) is 1.93. The van der Waals surface area contributed by atoms with E-state index in [4.69, 9.17) is 23.2 Å². The van der Waals surface area contributed by atoms with E-state index in [9.17, 15) is 9.90 Å². The number of carbonyl (C=O) groups excluding carboxylic acids is 1. The van der Waals surface area contributed by atoms with Crippen LogP contribution in [0, 0.1) is 0 Å².